The van der Waals surface area contributed by atoms with Gasteiger partial charge >= 0.3 is 0 Å². The lowest BCUT2D eigenvalue weighted by atomic mass is 10.0. The maximum absolute atomic E-state index is 10.0. The first-order valence-electron chi connectivity index (χ1n) is 8.54. The molecule has 0 spiro atoms. The van der Waals surface area contributed by atoms with E-state index in [1.54, 1.807) is 0 Å². The van der Waals surface area contributed by atoms with Crippen molar-refractivity contribution in [2.75, 3.05) is 13.2 Å². The van der Waals surface area contributed by atoms with E-state index in [-0.39, 0.29) is 0 Å². The summed E-state index contributed by atoms with van der Waals surface area (Å²) in [5.41, 5.74) is 8.08. The van der Waals surface area contributed by atoms with Crippen molar-refractivity contribution in [2.24, 2.45) is 5.73 Å². The molecule has 2 rings (SSSR count). The molecule has 2 aromatic rings. The Balaban J connectivity index is 1.62. The van der Waals surface area contributed by atoms with E-state index in [1.165, 1.54) is 5.56 Å². The minimum Gasteiger partial charge on any atom is -0.491 e. The highest BCUT2D eigenvalue weighted by molar-refractivity contribution is 5.22. The quantitative estimate of drug-likeness (QED) is 0.627. The molecule has 24 heavy (non-hydrogen) atoms. The Kier molecular flexibility index (Phi) is 7.75. The molecule has 0 radical (unpaired) electrons. The summed E-state index contributed by atoms with van der Waals surface area (Å²) in [6, 6.07) is 18.3. The van der Waals surface area contributed by atoms with E-state index in [4.69, 9.17) is 10.5 Å². The number of para-hydroxylation sites is 1. The summed E-state index contributed by atoms with van der Waals surface area (Å²) in [4.78, 5) is 0. The Morgan fingerprint density at radius 3 is 2.38 bits per heavy atom. The van der Waals surface area contributed by atoms with E-state index in [0.717, 1.165) is 24.2 Å². The number of nitrogens with one attached hydrogen (secondary N) is 1. The van der Waals surface area contributed by atoms with Crippen LogP contribution in [0.3, 0.4) is 0 Å². The van der Waals surface area contributed by atoms with Gasteiger partial charge in [-0.05, 0) is 43.0 Å². The van der Waals surface area contributed by atoms with Crippen molar-refractivity contribution in [1.82, 2.24) is 5.32 Å². The summed E-state index contributed by atoms with van der Waals surface area (Å²) in [5.74, 6) is 0.783. The molecule has 4 N–H and O–H groups in total. The van der Waals surface area contributed by atoms with Crippen molar-refractivity contribution in [3.8, 4) is 5.75 Å². The third kappa shape index (κ3) is 6.71. The Labute approximate surface area is 144 Å². The number of aliphatic hydroxyl groups is 1. The molecule has 0 saturated heterocycles. The molecule has 130 valence electrons. The second kappa shape index (κ2) is 10.1. The van der Waals surface area contributed by atoms with Gasteiger partial charge in [-0.2, -0.15) is 0 Å². The molecule has 0 heterocycles. The normalized spacial score (nSPS) is 13.5. The monoisotopic (exact) mass is 328 g/mol. The molecule has 0 aliphatic carbocycles. The number of aliphatic hydroxyl groups excluding tert-OH is 1. The predicted molar refractivity (Wildman–Crippen MR) is 98.1 cm³/mol. The van der Waals surface area contributed by atoms with Crippen LogP contribution < -0.4 is 15.8 Å². The number of hydrogen-bond donors (Lipinski definition) is 3. The lowest BCUT2D eigenvalue weighted by Gasteiger charge is -2.17. The summed E-state index contributed by atoms with van der Waals surface area (Å²) < 4.78 is 5.55. The minimum absolute atomic E-state index is 0.296. The van der Waals surface area contributed by atoms with Crippen LogP contribution in [0.2, 0.25) is 0 Å². The van der Waals surface area contributed by atoms with E-state index < -0.39 is 6.10 Å². The number of rotatable bonds is 10. The molecule has 0 aliphatic heterocycles. The standard InChI is InChI=1S/C20H28N2O2/c1-16(7-8-17-9-11-18(13-21)12-10-17)22-14-19(23)15-24-20-5-3-2-4-6-20/h2-6,9-12,16,19,22-23H,7-8,13-15,21H2,1H3/t16?,19-/m1/s1. The van der Waals surface area contributed by atoms with Crippen LogP contribution in [-0.2, 0) is 13.0 Å². The number of nitrogens with two attached hydrogens (primary N) is 1. The first-order chi connectivity index (χ1) is 11.7. The second-order valence-corrected chi connectivity index (χ2v) is 6.15. The van der Waals surface area contributed by atoms with Crippen molar-refractivity contribution in [2.45, 2.75) is 38.5 Å². The number of hydrogen-bond acceptors (Lipinski definition) is 4. The van der Waals surface area contributed by atoms with Gasteiger partial charge in [-0.15, -0.1) is 0 Å². The van der Waals surface area contributed by atoms with Crippen molar-refractivity contribution < 1.29 is 9.84 Å². The Morgan fingerprint density at radius 1 is 1.04 bits per heavy atom. The van der Waals surface area contributed by atoms with Gasteiger partial charge in [-0.25, -0.2) is 0 Å². The maximum Gasteiger partial charge on any atom is 0.119 e. The van der Waals surface area contributed by atoms with Crippen LogP contribution in [0.1, 0.15) is 24.5 Å². The van der Waals surface area contributed by atoms with Gasteiger partial charge in [-0.1, -0.05) is 42.5 Å². The molecule has 4 heteroatoms. The van der Waals surface area contributed by atoms with Crippen LogP contribution in [0.4, 0.5) is 0 Å². The van der Waals surface area contributed by atoms with Crippen LogP contribution in [0.15, 0.2) is 54.6 Å². The van der Waals surface area contributed by atoms with E-state index in [9.17, 15) is 5.11 Å². The van der Waals surface area contributed by atoms with Crippen LogP contribution >= 0.6 is 0 Å². The molecule has 0 saturated carbocycles. The van der Waals surface area contributed by atoms with E-state index in [1.807, 2.05) is 30.3 Å². The zero-order valence-corrected chi connectivity index (χ0v) is 14.3. The summed E-state index contributed by atoms with van der Waals surface area (Å²) in [5, 5.41) is 13.4. The van der Waals surface area contributed by atoms with E-state index in [0.29, 0.717) is 25.7 Å². The van der Waals surface area contributed by atoms with Gasteiger partial charge in [0.05, 0.1) is 0 Å². The fraction of sp³-hybridized carbons (Fsp3) is 0.400. The fourth-order valence-corrected chi connectivity index (χ4v) is 2.43. The third-order valence-corrected chi connectivity index (χ3v) is 4.01. The highest BCUT2D eigenvalue weighted by atomic mass is 16.5. The van der Waals surface area contributed by atoms with Crippen molar-refractivity contribution >= 4 is 0 Å². The van der Waals surface area contributed by atoms with Crippen LogP contribution in [0, 0.1) is 0 Å². The zero-order chi connectivity index (χ0) is 17.2. The summed E-state index contributed by atoms with van der Waals surface area (Å²) >= 11 is 0. The molecule has 0 aromatic heterocycles. The SMILES string of the molecule is CC(CCc1ccc(CN)cc1)NC[C@@H](O)COc1ccccc1. The lowest BCUT2D eigenvalue weighted by Crippen LogP contribution is -2.36. The Bertz CT molecular complexity index is 572. The van der Waals surface area contributed by atoms with Gasteiger partial charge in [0.2, 0.25) is 0 Å². The third-order valence-electron chi connectivity index (χ3n) is 4.01. The average Bonchev–Trinajstić information content (AvgIpc) is 2.64. The Morgan fingerprint density at radius 2 is 1.71 bits per heavy atom. The predicted octanol–water partition coefficient (Wildman–Crippen LogP) is 2.50. The lowest BCUT2D eigenvalue weighted by molar-refractivity contribution is 0.104. The molecule has 0 aliphatic rings. The van der Waals surface area contributed by atoms with Crippen LogP contribution in [0.5, 0.6) is 5.75 Å². The van der Waals surface area contributed by atoms with Crippen molar-refractivity contribution in [3.05, 3.63) is 65.7 Å². The molecule has 4 nitrogen and oxygen atoms in total. The molecule has 0 amide bonds. The van der Waals surface area contributed by atoms with E-state index in [2.05, 4.69) is 36.5 Å². The fourth-order valence-electron chi connectivity index (χ4n) is 2.43. The molecule has 2 atom stereocenters. The number of aryl methyl sites for hydroxylation is 1. The summed E-state index contributed by atoms with van der Waals surface area (Å²) in [6.45, 7) is 3.55. The molecule has 1 unspecified atom stereocenters. The van der Waals surface area contributed by atoms with Gasteiger partial charge in [0, 0.05) is 19.1 Å². The topological polar surface area (TPSA) is 67.5 Å². The summed E-state index contributed by atoms with van der Waals surface area (Å²) in [6.07, 6.45) is 1.51. The minimum atomic E-state index is -0.517. The molecule has 0 bridgehead atoms. The van der Waals surface area contributed by atoms with Gasteiger partial charge in [-0.3, -0.25) is 0 Å². The van der Waals surface area contributed by atoms with Gasteiger partial charge in [0.1, 0.15) is 18.5 Å². The first kappa shape index (κ1) is 18.5. The number of ether oxygens (including phenoxy) is 1. The van der Waals surface area contributed by atoms with E-state index >= 15 is 0 Å². The van der Waals surface area contributed by atoms with Crippen LogP contribution in [0.25, 0.3) is 0 Å². The zero-order valence-electron chi connectivity index (χ0n) is 14.3. The highest BCUT2D eigenvalue weighted by Crippen LogP contribution is 2.09. The summed E-state index contributed by atoms with van der Waals surface area (Å²) in [7, 11) is 0. The highest BCUT2D eigenvalue weighted by Gasteiger charge is 2.08. The van der Waals surface area contributed by atoms with Crippen molar-refractivity contribution in [1.29, 1.82) is 0 Å². The smallest absolute Gasteiger partial charge is 0.119 e. The molecule has 0 fully saturated rings. The average molecular weight is 328 g/mol. The second-order valence-electron chi connectivity index (χ2n) is 6.15. The van der Waals surface area contributed by atoms with Gasteiger partial charge < -0.3 is 20.9 Å². The van der Waals surface area contributed by atoms with Gasteiger partial charge in [0.25, 0.3) is 0 Å². The molecular formula is C20H28N2O2. The van der Waals surface area contributed by atoms with Crippen molar-refractivity contribution in [3.63, 3.8) is 0 Å². The maximum atomic E-state index is 10.0. The molecule has 2 aromatic carbocycles. The van der Waals surface area contributed by atoms with Crippen LogP contribution in [-0.4, -0.2) is 30.4 Å². The molecular weight excluding hydrogens is 300 g/mol. The largest absolute Gasteiger partial charge is 0.491 e. The Hall–Kier alpha value is -1.88. The first-order valence-corrected chi connectivity index (χ1v) is 8.54. The van der Waals surface area contributed by atoms with Gasteiger partial charge in [0.15, 0.2) is 0 Å². The number of benzene rings is 2.